The Morgan fingerprint density at radius 2 is 2.10 bits per heavy atom. The molecule has 1 N–H and O–H groups in total. The van der Waals surface area contributed by atoms with Gasteiger partial charge >= 0.3 is 6.09 Å². The Bertz CT molecular complexity index is 721. The summed E-state index contributed by atoms with van der Waals surface area (Å²) in [5, 5.41) is 12.1. The first-order valence-electron chi connectivity index (χ1n) is 6.60. The van der Waals surface area contributed by atoms with E-state index in [-0.39, 0.29) is 0 Å². The van der Waals surface area contributed by atoms with E-state index in [1.165, 1.54) is 0 Å². The van der Waals surface area contributed by atoms with E-state index in [2.05, 4.69) is 5.32 Å². The average Bonchev–Trinajstić information content (AvgIpc) is 2.54. The molecule has 1 amide bonds. The molecular formula is C16H13N3O2. The largest absolute Gasteiger partial charge is 0.419 e. The summed E-state index contributed by atoms with van der Waals surface area (Å²) in [6, 6.07) is 16.2. The van der Waals surface area contributed by atoms with Gasteiger partial charge in [-0.25, -0.2) is 4.79 Å². The van der Waals surface area contributed by atoms with Crippen LogP contribution >= 0.6 is 0 Å². The summed E-state index contributed by atoms with van der Waals surface area (Å²) < 4.78 is 5.36. The van der Waals surface area contributed by atoms with E-state index < -0.39 is 6.09 Å². The van der Waals surface area contributed by atoms with Crippen LogP contribution in [-0.2, 0) is 0 Å². The van der Waals surface area contributed by atoms with Crippen LogP contribution in [0.4, 0.5) is 16.2 Å². The van der Waals surface area contributed by atoms with Crippen LogP contribution in [0.3, 0.4) is 0 Å². The highest BCUT2D eigenvalue weighted by atomic mass is 16.6. The van der Waals surface area contributed by atoms with Gasteiger partial charge in [0.05, 0.1) is 23.0 Å². The lowest BCUT2D eigenvalue weighted by Crippen LogP contribution is -2.40. The van der Waals surface area contributed by atoms with Crippen LogP contribution in [0.2, 0.25) is 0 Å². The van der Waals surface area contributed by atoms with E-state index in [1.807, 2.05) is 30.3 Å². The Balaban J connectivity index is 1.82. The third-order valence-electron chi connectivity index (χ3n) is 3.23. The summed E-state index contributed by atoms with van der Waals surface area (Å²) in [6.45, 7) is 1.21. The van der Waals surface area contributed by atoms with Crippen molar-refractivity contribution in [1.29, 1.82) is 5.26 Å². The number of amides is 1. The molecule has 5 nitrogen and oxygen atoms in total. The van der Waals surface area contributed by atoms with Crippen molar-refractivity contribution < 1.29 is 9.53 Å². The SMILES string of the molecule is N#Cc1cccc(OC(=O)N2CCNc3ccccc32)c1. The van der Waals surface area contributed by atoms with Gasteiger partial charge in [0.25, 0.3) is 0 Å². The van der Waals surface area contributed by atoms with Gasteiger partial charge in [-0.2, -0.15) is 5.26 Å². The van der Waals surface area contributed by atoms with E-state index in [4.69, 9.17) is 10.00 Å². The Kier molecular flexibility index (Phi) is 3.44. The van der Waals surface area contributed by atoms with Crippen molar-refractivity contribution in [3.05, 3.63) is 54.1 Å². The lowest BCUT2D eigenvalue weighted by molar-refractivity contribution is 0.207. The molecule has 0 saturated heterocycles. The third kappa shape index (κ3) is 2.65. The molecule has 1 heterocycles. The van der Waals surface area contributed by atoms with E-state index in [1.54, 1.807) is 29.2 Å². The molecule has 2 aromatic carbocycles. The quantitative estimate of drug-likeness (QED) is 0.871. The zero-order chi connectivity index (χ0) is 14.7. The number of ether oxygens (including phenoxy) is 1. The number of nitrogens with one attached hydrogen (secondary N) is 1. The molecule has 0 radical (unpaired) electrons. The molecule has 2 aromatic rings. The molecule has 0 aromatic heterocycles. The minimum Gasteiger partial charge on any atom is -0.410 e. The highest BCUT2D eigenvalue weighted by Gasteiger charge is 2.23. The maximum absolute atomic E-state index is 12.3. The fourth-order valence-electron chi connectivity index (χ4n) is 2.26. The first-order valence-corrected chi connectivity index (χ1v) is 6.60. The number of carbonyl (C=O) groups excluding carboxylic acids is 1. The topological polar surface area (TPSA) is 65.4 Å². The molecule has 104 valence electrons. The number of hydrogen-bond acceptors (Lipinski definition) is 4. The number of hydrogen-bond donors (Lipinski definition) is 1. The summed E-state index contributed by atoms with van der Waals surface area (Å²) >= 11 is 0. The van der Waals surface area contributed by atoms with Crippen molar-refractivity contribution in [3.8, 4) is 11.8 Å². The number of nitrogens with zero attached hydrogens (tertiary/aromatic N) is 2. The first-order chi connectivity index (χ1) is 10.3. The molecule has 1 aliphatic heterocycles. The van der Waals surface area contributed by atoms with E-state index >= 15 is 0 Å². The Labute approximate surface area is 122 Å². The summed E-state index contributed by atoms with van der Waals surface area (Å²) in [5.41, 5.74) is 2.16. The molecule has 3 rings (SSSR count). The number of carbonyl (C=O) groups is 1. The molecule has 1 aliphatic rings. The van der Waals surface area contributed by atoms with Gasteiger partial charge in [0.1, 0.15) is 5.75 Å². The molecule has 21 heavy (non-hydrogen) atoms. The minimum absolute atomic E-state index is 0.370. The second kappa shape index (κ2) is 5.55. The molecule has 0 atom stereocenters. The van der Waals surface area contributed by atoms with Crippen molar-refractivity contribution in [2.45, 2.75) is 0 Å². The second-order valence-electron chi connectivity index (χ2n) is 4.60. The van der Waals surface area contributed by atoms with Crippen LogP contribution in [0.25, 0.3) is 0 Å². The highest BCUT2D eigenvalue weighted by Crippen LogP contribution is 2.29. The van der Waals surface area contributed by atoms with E-state index in [0.717, 1.165) is 11.4 Å². The molecular weight excluding hydrogens is 266 g/mol. The van der Waals surface area contributed by atoms with Gasteiger partial charge in [-0.3, -0.25) is 4.90 Å². The normalized spacial score (nSPS) is 12.8. The summed E-state index contributed by atoms with van der Waals surface area (Å²) in [5.74, 6) is 0.370. The summed E-state index contributed by atoms with van der Waals surface area (Å²) in [4.78, 5) is 13.9. The van der Waals surface area contributed by atoms with Gasteiger partial charge in [-0.15, -0.1) is 0 Å². The molecule has 0 unspecified atom stereocenters. The number of fused-ring (bicyclic) bond motifs is 1. The van der Waals surface area contributed by atoms with Crippen molar-refractivity contribution in [3.63, 3.8) is 0 Å². The fraction of sp³-hybridized carbons (Fsp3) is 0.125. The van der Waals surface area contributed by atoms with Gasteiger partial charge in [0, 0.05) is 13.1 Å². The molecule has 5 heteroatoms. The summed E-state index contributed by atoms with van der Waals surface area (Å²) in [7, 11) is 0. The Hall–Kier alpha value is -3.00. The maximum Gasteiger partial charge on any atom is 0.419 e. The van der Waals surface area contributed by atoms with Crippen molar-refractivity contribution in [2.24, 2.45) is 0 Å². The van der Waals surface area contributed by atoms with Crippen LogP contribution < -0.4 is 15.0 Å². The average molecular weight is 279 g/mol. The van der Waals surface area contributed by atoms with Crippen LogP contribution in [0.1, 0.15) is 5.56 Å². The molecule has 0 bridgehead atoms. The van der Waals surface area contributed by atoms with Crippen molar-refractivity contribution in [2.75, 3.05) is 23.3 Å². The maximum atomic E-state index is 12.3. The number of anilines is 2. The van der Waals surface area contributed by atoms with Crippen LogP contribution in [0, 0.1) is 11.3 Å². The number of nitriles is 1. The fourth-order valence-corrected chi connectivity index (χ4v) is 2.26. The smallest absolute Gasteiger partial charge is 0.410 e. The van der Waals surface area contributed by atoms with Crippen LogP contribution in [0.5, 0.6) is 5.75 Å². The molecule has 0 spiro atoms. The monoisotopic (exact) mass is 279 g/mol. The minimum atomic E-state index is -0.445. The predicted octanol–water partition coefficient (Wildman–Crippen LogP) is 2.99. The highest BCUT2D eigenvalue weighted by molar-refractivity contribution is 5.94. The van der Waals surface area contributed by atoms with Gasteiger partial charge in [0.15, 0.2) is 0 Å². The zero-order valence-corrected chi connectivity index (χ0v) is 11.2. The number of rotatable bonds is 1. The number of benzene rings is 2. The van der Waals surface area contributed by atoms with Gasteiger partial charge in [-0.1, -0.05) is 18.2 Å². The van der Waals surface area contributed by atoms with E-state index in [9.17, 15) is 4.79 Å². The Morgan fingerprint density at radius 3 is 2.95 bits per heavy atom. The second-order valence-corrected chi connectivity index (χ2v) is 4.60. The van der Waals surface area contributed by atoms with Crippen molar-refractivity contribution in [1.82, 2.24) is 0 Å². The molecule has 0 fully saturated rings. The van der Waals surface area contributed by atoms with Gasteiger partial charge < -0.3 is 10.1 Å². The number of para-hydroxylation sites is 2. The van der Waals surface area contributed by atoms with Crippen molar-refractivity contribution >= 4 is 17.5 Å². The predicted molar refractivity (Wildman–Crippen MR) is 79.5 cm³/mol. The lowest BCUT2D eigenvalue weighted by Gasteiger charge is -2.29. The standard InChI is InChI=1S/C16H13N3O2/c17-11-12-4-3-5-13(10-12)21-16(20)19-9-8-18-14-6-1-2-7-15(14)19/h1-7,10,18H,8-9H2. The summed E-state index contributed by atoms with van der Waals surface area (Å²) in [6.07, 6.45) is -0.445. The first kappa shape index (κ1) is 13.0. The van der Waals surface area contributed by atoms with E-state index in [0.29, 0.717) is 24.4 Å². The van der Waals surface area contributed by atoms with Crippen LogP contribution in [0.15, 0.2) is 48.5 Å². The van der Waals surface area contributed by atoms with Gasteiger partial charge in [0.2, 0.25) is 0 Å². The third-order valence-corrected chi connectivity index (χ3v) is 3.23. The molecule has 0 saturated carbocycles. The molecule has 0 aliphatic carbocycles. The van der Waals surface area contributed by atoms with Crippen LogP contribution in [-0.4, -0.2) is 19.2 Å². The Morgan fingerprint density at radius 1 is 1.24 bits per heavy atom. The zero-order valence-electron chi connectivity index (χ0n) is 11.2. The van der Waals surface area contributed by atoms with Gasteiger partial charge in [-0.05, 0) is 30.3 Å². The lowest BCUT2D eigenvalue weighted by atomic mass is 10.2.